The minimum absolute atomic E-state index is 1.20. The maximum atomic E-state index is 3.72. The van der Waals surface area contributed by atoms with Crippen molar-refractivity contribution >= 4 is 0 Å². The fourth-order valence-corrected chi connectivity index (χ4v) is 0.385. The molecule has 0 bridgehead atoms. The molecular weight excluding hydrogens is 86.1 g/mol. The lowest BCUT2D eigenvalue weighted by Crippen LogP contribution is -1.69. The molecule has 0 amide bonds. The Balaban J connectivity index is 3.02. The second-order valence-corrected chi connectivity index (χ2v) is 1.46. The summed E-state index contributed by atoms with van der Waals surface area (Å²) in [5.41, 5.74) is 1.20. The maximum absolute atomic E-state index is 3.72. The average Bonchev–Trinajstić information content (AvgIpc) is 1.69. The van der Waals surface area contributed by atoms with E-state index in [9.17, 15) is 0 Å². The van der Waals surface area contributed by atoms with Gasteiger partial charge in [0.2, 0.25) is 0 Å². The lowest BCUT2D eigenvalue weighted by atomic mass is 10.3. The van der Waals surface area contributed by atoms with Crippen LogP contribution >= 0.6 is 0 Å². The largest absolute Gasteiger partial charge is 0.394 e. The van der Waals surface area contributed by atoms with Gasteiger partial charge in [0.1, 0.15) is 0 Å². The highest BCUT2D eigenvalue weighted by atomic mass is 14.6. The standard InChI is InChI=1S/C6H6N/c1-6-2-4-7-5-3-6/h2-4H,1H3/q-1. The van der Waals surface area contributed by atoms with Crippen molar-refractivity contribution in [3.63, 3.8) is 0 Å². The molecule has 0 unspecified atom stereocenters. The van der Waals surface area contributed by atoms with Crippen molar-refractivity contribution in [3.05, 3.63) is 30.1 Å². The van der Waals surface area contributed by atoms with Gasteiger partial charge in [0.25, 0.3) is 0 Å². The number of aromatic nitrogens is 1. The molecule has 0 aromatic carbocycles. The van der Waals surface area contributed by atoms with Gasteiger partial charge >= 0.3 is 0 Å². The molecule has 0 aliphatic heterocycles. The van der Waals surface area contributed by atoms with E-state index < -0.39 is 0 Å². The molecule has 0 radical (unpaired) electrons. The van der Waals surface area contributed by atoms with Crippen LogP contribution in [0.4, 0.5) is 0 Å². The quantitative estimate of drug-likeness (QED) is 0.438. The Kier molecular flexibility index (Phi) is 1.07. The fourth-order valence-electron chi connectivity index (χ4n) is 0.385. The van der Waals surface area contributed by atoms with Gasteiger partial charge in [-0.2, -0.15) is 17.7 Å². The minimum Gasteiger partial charge on any atom is -0.394 e. The van der Waals surface area contributed by atoms with Crippen LogP contribution in [0.15, 0.2) is 18.3 Å². The van der Waals surface area contributed by atoms with Crippen LogP contribution in [0.1, 0.15) is 5.56 Å². The second kappa shape index (κ2) is 1.73. The van der Waals surface area contributed by atoms with Gasteiger partial charge in [-0.05, 0) is 0 Å². The molecule has 1 nitrogen and oxygen atoms in total. The number of nitrogens with zero attached hydrogens (tertiary/aromatic N) is 1. The zero-order valence-corrected chi connectivity index (χ0v) is 4.18. The van der Waals surface area contributed by atoms with Crippen molar-refractivity contribution < 1.29 is 0 Å². The van der Waals surface area contributed by atoms with E-state index in [0.717, 1.165) is 0 Å². The molecule has 0 saturated carbocycles. The summed E-state index contributed by atoms with van der Waals surface area (Å²) in [4.78, 5) is 3.72. The highest BCUT2D eigenvalue weighted by Gasteiger charge is 1.62. The van der Waals surface area contributed by atoms with Gasteiger partial charge in [-0.25, -0.2) is 0 Å². The predicted molar refractivity (Wildman–Crippen MR) is 27.8 cm³/mol. The Labute approximate surface area is 43.0 Å². The lowest BCUT2D eigenvalue weighted by Gasteiger charge is -1.93. The SMILES string of the molecule is Cc1c[c-]ncc1. The number of hydrogen-bond acceptors (Lipinski definition) is 1. The zero-order valence-electron chi connectivity index (χ0n) is 4.18. The van der Waals surface area contributed by atoms with Gasteiger partial charge in [0, 0.05) is 0 Å². The third-order valence-electron chi connectivity index (χ3n) is 0.779. The normalized spacial score (nSPS) is 8.71. The third-order valence-corrected chi connectivity index (χ3v) is 0.779. The first-order valence-corrected chi connectivity index (χ1v) is 2.18. The van der Waals surface area contributed by atoms with Crippen molar-refractivity contribution in [1.82, 2.24) is 4.98 Å². The van der Waals surface area contributed by atoms with E-state index in [4.69, 9.17) is 0 Å². The molecule has 0 saturated heterocycles. The maximum Gasteiger partial charge on any atom is -0.0810 e. The summed E-state index contributed by atoms with van der Waals surface area (Å²) in [6.45, 7) is 2.01. The van der Waals surface area contributed by atoms with Gasteiger partial charge in [-0.3, -0.25) is 0 Å². The molecule has 0 spiro atoms. The number of rotatable bonds is 0. The zero-order chi connectivity index (χ0) is 5.11. The monoisotopic (exact) mass is 92.1 g/mol. The van der Waals surface area contributed by atoms with Crippen LogP contribution in [0, 0.1) is 13.1 Å². The molecule has 0 fully saturated rings. The highest BCUT2D eigenvalue weighted by Crippen LogP contribution is 1.88. The third kappa shape index (κ3) is 1.000. The summed E-state index contributed by atoms with van der Waals surface area (Å²) in [5, 5.41) is 0. The molecule has 0 atom stereocenters. The Morgan fingerprint density at radius 3 is 2.86 bits per heavy atom. The predicted octanol–water partition coefficient (Wildman–Crippen LogP) is 1.19. The molecule has 1 heteroatoms. The van der Waals surface area contributed by atoms with Crippen molar-refractivity contribution in [2.75, 3.05) is 0 Å². The van der Waals surface area contributed by atoms with Crippen molar-refractivity contribution in [1.29, 1.82) is 0 Å². The van der Waals surface area contributed by atoms with Crippen LogP contribution in [0.25, 0.3) is 0 Å². The average molecular weight is 92.1 g/mol. The summed E-state index contributed by atoms with van der Waals surface area (Å²) in [5.74, 6) is 0. The van der Waals surface area contributed by atoms with Gasteiger partial charge < -0.3 is 4.98 Å². The molecule has 1 aromatic heterocycles. The molecular formula is C6H6N-. The summed E-state index contributed by atoms with van der Waals surface area (Å²) >= 11 is 0. The van der Waals surface area contributed by atoms with Crippen molar-refractivity contribution in [2.45, 2.75) is 6.92 Å². The van der Waals surface area contributed by atoms with E-state index in [0.29, 0.717) is 0 Å². The van der Waals surface area contributed by atoms with E-state index in [1.807, 2.05) is 19.1 Å². The summed E-state index contributed by atoms with van der Waals surface area (Å²) < 4.78 is 0. The Bertz CT molecular complexity index is 134. The molecule has 0 aliphatic carbocycles. The molecule has 1 rings (SSSR count). The van der Waals surface area contributed by atoms with Crippen LogP contribution in [-0.4, -0.2) is 4.98 Å². The van der Waals surface area contributed by atoms with E-state index in [-0.39, 0.29) is 0 Å². The van der Waals surface area contributed by atoms with Gasteiger partial charge in [-0.15, -0.1) is 0 Å². The van der Waals surface area contributed by atoms with E-state index in [1.165, 1.54) is 5.56 Å². The first-order valence-electron chi connectivity index (χ1n) is 2.18. The van der Waals surface area contributed by atoms with Crippen LogP contribution in [0.5, 0.6) is 0 Å². The molecule has 1 heterocycles. The molecule has 1 aromatic rings. The topological polar surface area (TPSA) is 12.9 Å². The van der Waals surface area contributed by atoms with Crippen LogP contribution < -0.4 is 0 Å². The molecule has 36 valence electrons. The Morgan fingerprint density at radius 1 is 1.71 bits per heavy atom. The second-order valence-electron chi connectivity index (χ2n) is 1.46. The van der Waals surface area contributed by atoms with E-state index in [1.54, 1.807) is 6.20 Å². The Morgan fingerprint density at radius 2 is 2.57 bits per heavy atom. The summed E-state index contributed by atoms with van der Waals surface area (Å²) in [6.07, 6.45) is 4.44. The van der Waals surface area contributed by atoms with Crippen molar-refractivity contribution in [2.24, 2.45) is 0 Å². The highest BCUT2D eigenvalue weighted by molar-refractivity contribution is 5.04. The first-order chi connectivity index (χ1) is 3.39. The van der Waals surface area contributed by atoms with Crippen molar-refractivity contribution in [3.8, 4) is 0 Å². The first kappa shape index (κ1) is 4.31. The molecule has 0 aliphatic rings. The number of aryl methyl sites for hydroxylation is 1. The Hall–Kier alpha value is -0.850. The summed E-state index contributed by atoms with van der Waals surface area (Å²) in [7, 11) is 0. The number of hydrogen-bond donors (Lipinski definition) is 0. The lowest BCUT2D eigenvalue weighted by molar-refractivity contribution is 1.27. The van der Waals surface area contributed by atoms with Gasteiger partial charge in [0.15, 0.2) is 0 Å². The van der Waals surface area contributed by atoms with Crippen LogP contribution in [0.3, 0.4) is 0 Å². The van der Waals surface area contributed by atoms with Gasteiger partial charge in [-0.1, -0.05) is 19.3 Å². The summed E-state index contributed by atoms with van der Waals surface area (Å²) in [6, 6.07) is 3.79. The van der Waals surface area contributed by atoms with E-state index in [2.05, 4.69) is 11.2 Å². The number of pyridine rings is 1. The fraction of sp³-hybridized carbons (Fsp3) is 0.167. The van der Waals surface area contributed by atoms with Crippen LogP contribution in [-0.2, 0) is 0 Å². The molecule has 7 heavy (non-hydrogen) atoms. The minimum atomic E-state index is 1.20. The van der Waals surface area contributed by atoms with Gasteiger partial charge in [0.05, 0.1) is 0 Å². The molecule has 0 N–H and O–H groups in total. The van der Waals surface area contributed by atoms with E-state index >= 15 is 0 Å². The van der Waals surface area contributed by atoms with Crippen LogP contribution in [0.2, 0.25) is 0 Å². The smallest absolute Gasteiger partial charge is 0.0810 e.